The number of carbonyl (C=O) groups excluding carboxylic acids is 2. The van der Waals surface area contributed by atoms with Crippen LogP contribution in [0.5, 0.6) is 0 Å². The van der Waals surface area contributed by atoms with E-state index < -0.39 is 12.0 Å². The summed E-state index contributed by atoms with van der Waals surface area (Å²) in [5.41, 5.74) is 3.47. The lowest BCUT2D eigenvalue weighted by atomic mass is 9.80. The molecule has 5 aromatic rings. The normalized spacial score (nSPS) is 20.6. The minimum atomic E-state index is -0.879. The van der Waals surface area contributed by atoms with Crippen LogP contribution < -0.4 is 10.6 Å². The van der Waals surface area contributed by atoms with E-state index in [0.717, 1.165) is 42.6 Å². The number of nitrogens with one attached hydrogen (secondary N) is 3. The summed E-state index contributed by atoms with van der Waals surface area (Å²) in [4.78, 5) is 32.6. The Morgan fingerprint density at radius 3 is 2.66 bits per heavy atom. The Morgan fingerprint density at radius 2 is 1.87 bits per heavy atom. The highest BCUT2D eigenvalue weighted by Gasteiger charge is 2.44. The molecule has 0 saturated carbocycles. The number of fused-ring (bicyclic) bond motifs is 1. The molecule has 2 saturated heterocycles. The van der Waals surface area contributed by atoms with Crippen LogP contribution in [0.25, 0.3) is 22.7 Å². The molecule has 0 unspecified atom stereocenters. The summed E-state index contributed by atoms with van der Waals surface area (Å²) in [6.45, 7) is 3.65. The van der Waals surface area contributed by atoms with Gasteiger partial charge in [-0.15, -0.1) is 5.10 Å². The van der Waals surface area contributed by atoms with Crippen LogP contribution in [0.4, 0.5) is 10.1 Å². The molecule has 2 amide bonds. The number of nitrogens with zero attached hydrogens (tertiary/aromatic N) is 7. The van der Waals surface area contributed by atoms with E-state index >= 15 is 0 Å². The summed E-state index contributed by atoms with van der Waals surface area (Å²) < 4.78 is 15.6. The van der Waals surface area contributed by atoms with Gasteiger partial charge in [-0.1, -0.05) is 23.7 Å². The van der Waals surface area contributed by atoms with E-state index in [9.17, 15) is 14.0 Å². The fraction of sp³-hybridized carbons (Fsp3) is 0.273. The van der Waals surface area contributed by atoms with Crippen molar-refractivity contribution in [1.82, 2.24) is 45.5 Å². The zero-order chi connectivity index (χ0) is 32.3. The van der Waals surface area contributed by atoms with Crippen LogP contribution in [0.15, 0.2) is 79.3 Å². The largest absolute Gasteiger partial charge is 0.325 e. The number of amides is 2. The van der Waals surface area contributed by atoms with E-state index in [2.05, 4.69) is 41.3 Å². The maximum Gasteiger partial charge on any atom is 0.247 e. The van der Waals surface area contributed by atoms with Crippen LogP contribution in [0.2, 0.25) is 5.02 Å². The molecule has 3 N–H and O–H groups in total. The number of aromatic amines is 1. The SMILES string of the molecule is O=C(Nc1ccc2[nH]ncc2c1)[C@@H]1[C@H](c2ccc(F)cc2)C[C@H](N2CCNCC2)CN1C(=O)C=Cc1cc(Cl)ccc1-n1cnnn1. The van der Waals surface area contributed by atoms with E-state index in [4.69, 9.17) is 11.6 Å². The maximum atomic E-state index is 14.3. The highest BCUT2D eigenvalue weighted by atomic mass is 35.5. The highest BCUT2D eigenvalue weighted by molar-refractivity contribution is 6.30. The number of tetrazole rings is 1. The zero-order valence-electron chi connectivity index (χ0n) is 25.3. The van der Waals surface area contributed by atoms with Gasteiger partial charge in [0.15, 0.2) is 0 Å². The first kappa shape index (κ1) is 30.7. The van der Waals surface area contributed by atoms with Crippen molar-refractivity contribution in [2.24, 2.45) is 0 Å². The standard InChI is InChI=1S/C33H32ClFN10O2/c34-24-4-9-30(45-20-38-41-42-45)22(15-24)3-10-31(46)44-19-27(43-13-11-36-12-14-43)17-28(21-1-5-25(35)6-2-21)32(44)33(47)39-26-7-8-29-23(16-26)18-37-40-29/h1-10,15-16,18,20,27-28,32,36H,11-14,17,19H2,(H,37,40)(H,39,47)/t27-,28-,32-/m0/s1. The second-order valence-electron chi connectivity index (χ2n) is 11.7. The molecular weight excluding hydrogens is 623 g/mol. The molecule has 0 spiro atoms. The van der Waals surface area contributed by atoms with Crippen molar-refractivity contribution in [3.63, 3.8) is 0 Å². The topological polar surface area (TPSA) is 137 Å². The molecule has 0 aliphatic carbocycles. The van der Waals surface area contributed by atoms with E-state index in [0.29, 0.717) is 34.9 Å². The molecule has 2 aliphatic rings. The second kappa shape index (κ2) is 13.4. The van der Waals surface area contributed by atoms with E-state index in [1.165, 1.54) is 29.2 Å². The van der Waals surface area contributed by atoms with Crippen LogP contribution >= 0.6 is 11.6 Å². The van der Waals surface area contributed by atoms with Crippen LogP contribution in [0, 0.1) is 5.82 Å². The van der Waals surface area contributed by atoms with Gasteiger partial charge in [-0.3, -0.25) is 19.6 Å². The number of benzene rings is 3. The molecule has 12 nitrogen and oxygen atoms in total. The Kier molecular flexibility index (Phi) is 8.74. The number of hydrogen-bond acceptors (Lipinski definition) is 8. The Labute approximate surface area is 274 Å². The summed E-state index contributed by atoms with van der Waals surface area (Å²) in [6.07, 6.45) is 6.88. The predicted octanol–water partition coefficient (Wildman–Crippen LogP) is 3.64. The van der Waals surface area contributed by atoms with Crippen molar-refractivity contribution < 1.29 is 14.0 Å². The van der Waals surface area contributed by atoms with Crippen molar-refractivity contribution in [1.29, 1.82) is 0 Å². The third-order valence-electron chi connectivity index (χ3n) is 8.87. The van der Waals surface area contributed by atoms with Crippen LogP contribution in [-0.2, 0) is 9.59 Å². The molecule has 0 radical (unpaired) electrons. The molecule has 2 aliphatic heterocycles. The van der Waals surface area contributed by atoms with Gasteiger partial charge in [-0.05, 0) is 77.0 Å². The Balaban J connectivity index is 1.26. The molecule has 3 atom stereocenters. The van der Waals surface area contributed by atoms with Crippen molar-refractivity contribution >= 4 is 46.1 Å². The zero-order valence-corrected chi connectivity index (χ0v) is 26.0. The fourth-order valence-corrected chi connectivity index (χ4v) is 6.76. The monoisotopic (exact) mass is 654 g/mol. The molecule has 14 heteroatoms. The third-order valence-corrected chi connectivity index (χ3v) is 9.10. The predicted molar refractivity (Wildman–Crippen MR) is 175 cm³/mol. The van der Waals surface area contributed by atoms with Crippen molar-refractivity contribution in [2.45, 2.75) is 24.4 Å². The number of rotatable bonds is 7. The molecule has 240 valence electrons. The molecule has 7 rings (SSSR count). The highest BCUT2D eigenvalue weighted by Crippen LogP contribution is 2.36. The summed E-state index contributed by atoms with van der Waals surface area (Å²) >= 11 is 6.33. The maximum absolute atomic E-state index is 14.3. The number of piperazine rings is 1. The van der Waals surface area contributed by atoms with Gasteiger partial charge in [0.05, 0.1) is 17.4 Å². The van der Waals surface area contributed by atoms with E-state index in [1.807, 2.05) is 12.1 Å². The van der Waals surface area contributed by atoms with Crippen molar-refractivity contribution in [3.8, 4) is 5.69 Å². The summed E-state index contributed by atoms with van der Waals surface area (Å²) in [6, 6.07) is 16.0. The van der Waals surface area contributed by atoms with Crippen LogP contribution in [0.3, 0.4) is 0 Å². The Morgan fingerprint density at radius 1 is 1.04 bits per heavy atom. The smallest absolute Gasteiger partial charge is 0.247 e. The molecule has 2 fully saturated rings. The lowest BCUT2D eigenvalue weighted by Crippen LogP contribution is -2.61. The number of likely N-dealkylation sites (tertiary alicyclic amines) is 1. The Bertz CT molecular complexity index is 1910. The quantitative estimate of drug-likeness (QED) is 0.226. The molecule has 0 bridgehead atoms. The van der Waals surface area contributed by atoms with E-state index in [1.54, 1.807) is 53.6 Å². The lowest BCUT2D eigenvalue weighted by molar-refractivity contribution is -0.139. The number of piperidine rings is 1. The van der Waals surface area contributed by atoms with Gasteiger partial charge in [0, 0.05) is 72.4 Å². The number of carbonyl (C=O) groups is 2. The minimum absolute atomic E-state index is 0.0150. The average Bonchev–Trinajstić information content (AvgIpc) is 3.80. The minimum Gasteiger partial charge on any atom is -0.325 e. The van der Waals surface area contributed by atoms with Crippen molar-refractivity contribution in [2.75, 3.05) is 38.0 Å². The van der Waals surface area contributed by atoms with Gasteiger partial charge < -0.3 is 15.5 Å². The number of aromatic nitrogens is 6. The molecule has 47 heavy (non-hydrogen) atoms. The van der Waals surface area contributed by atoms with Crippen LogP contribution in [-0.4, -0.2) is 96.8 Å². The number of hydrogen-bond donors (Lipinski definition) is 3. The van der Waals surface area contributed by atoms with Crippen LogP contribution in [0.1, 0.15) is 23.5 Å². The van der Waals surface area contributed by atoms with E-state index in [-0.39, 0.29) is 23.7 Å². The second-order valence-corrected chi connectivity index (χ2v) is 12.2. The van der Waals surface area contributed by atoms with Gasteiger partial charge in [0.1, 0.15) is 18.2 Å². The molecular formula is C33H32ClFN10O2. The first-order chi connectivity index (χ1) is 22.9. The first-order valence-electron chi connectivity index (χ1n) is 15.4. The third kappa shape index (κ3) is 6.64. The van der Waals surface area contributed by atoms with Gasteiger partial charge in [0.2, 0.25) is 11.8 Å². The number of anilines is 1. The average molecular weight is 655 g/mol. The summed E-state index contributed by atoms with van der Waals surface area (Å²) in [7, 11) is 0. The number of H-pyrrole nitrogens is 1. The van der Waals surface area contributed by atoms with Gasteiger partial charge >= 0.3 is 0 Å². The fourth-order valence-electron chi connectivity index (χ4n) is 6.58. The Hall–Kier alpha value is -4.98. The van der Waals surface area contributed by atoms with Crippen molar-refractivity contribution in [3.05, 3.63) is 101 Å². The number of halogens is 2. The molecule has 2 aromatic heterocycles. The molecule has 4 heterocycles. The van der Waals surface area contributed by atoms with Gasteiger partial charge in [-0.2, -0.15) is 9.78 Å². The van der Waals surface area contributed by atoms with Gasteiger partial charge in [0.25, 0.3) is 0 Å². The first-order valence-corrected chi connectivity index (χ1v) is 15.8. The summed E-state index contributed by atoms with van der Waals surface area (Å²) in [5, 5.41) is 26.2. The summed E-state index contributed by atoms with van der Waals surface area (Å²) in [5.74, 6) is -1.44. The molecule has 3 aromatic carbocycles. The van der Waals surface area contributed by atoms with Gasteiger partial charge in [-0.25, -0.2) is 4.39 Å². The lowest BCUT2D eigenvalue weighted by Gasteiger charge is -2.47.